The minimum atomic E-state index is -1.22. The number of hydrogen-bond donors (Lipinski definition) is 0. The molecule has 0 aliphatic carbocycles. The molecule has 1 atom stereocenters. The molecule has 0 aliphatic heterocycles. The molecule has 2 nitrogen and oxygen atoms in total. The second-order valence-electron chi connectivity index (χ2n) is 4.65. The van der Waals surface area contributed by atoms with Gasteiger partial charge in [-0.3, -0.25) is 9.00 Å². The van der Waals surface area contributed by atoms with E-state index in [0.29, 0.717) is 17.7 Å². The molecule has 0 heterocycles. The van der Waals surface area contributed by atoms with E-state index in [2.05, 4.69) is 18.8 Å². The maximum atomic E-state index is 11.9. The van der Waals surface area contributed by atoms with Crippen molar-refractivity contribution >= 4 is 16.6 Å². The Labute approximate surface area is 124 Å². The zero-order valence-corrected chi connectivity index (χ0v) is 12.9. The molecule has 3 heteroatoms. The van der Waals surface area contributed by atoms with Gasteiger partial charge in [-0.2, -0.15) is 0 Å². The highest BCUT2D eigenvalue weighted by Crippen LogP contribution is 2.06. The van der Waals surface area contributed by atoms with Gasteiger partial charge >= 0.3 is 0 Å². The lowest BCUT2D eigenvalue weighted by atomic mass is 10.2. The number of carbonyl (C=O) groups excluding carboxylic acids is 1. The van der Waals surface area contributed by atoms with Crippen molar-refractivity contribution in [3.63, 3.8) is 0 Å². The van der Waals surface area contributed by atoms with Gasteiger partial charge in [0.1, 0.15) is 5.78 Å². The van der Waals surface area contributed by atoms with Crippen molar-refractivity contribution in [2.24, 2.45) is 0 Å². The van der Waals surface area contributed by atoms with Gasteiger partial charge in [-0.15, -0.1) is 11.8 Å². The lowest BCUT2D eigenvalue weighted by Gasteiger charge is -2.00. The van der Waals surface area contributed by atoms with Crippen LogP contribution < -0.4 is 0 Å². The van der Waals surface area contributed by atoms with Crippen LogP contribution in [0.3, 0.4) is 0 Å². The molecule has 0 fully saturated rings. The predicted molar refractivity (Wildman–Crippen MR) is 83.9 cm³/mol. The van der Waals surface area contributed by atoms with Crippen LogP contribution in [0.4, 0.5) is 0 Å². The third kappa shape index (κ3) is 7.25. The van der Waals surface area contributed by atoms with Crippen LogP contribution >= 0.6 is 0 Å². The van der Waals surface area contributed by atoms with E-state index in [-0.39, 0.29) is 11.5 Å². The predicted octanol–water partition coefficient (Wildman–Crippen LogP) is 3.73. The number of benzene rings is 1. The smallest absolute Gasteiger partial charge is 0.146 e. The highest BCUT2D eigenvalue weighted by Gasteiger charge is 2.08. The van der Waals surface area contributed by atoms with Crippen LogP contribution in [0.25, 0.3) is 0 Å². The Morgan fingerprint density at radius 2 is 1.80 bits per heavy atom. The number of Topliss-reactive ketones (excluding diaryl/α,β-unsaturated/α-hetero) is 1. The third-order valence-electron chi connectivity index (χ3n) is 2.86. The fourth-order valence-electron chi connectivity index (χ4n) is 1.72. The summed E-state index contributed by atoms with van der Waals surface area (Å²) in [6.07, 6.45) is 5.44. The van der Waals surface area contributed by atoms with Crippen LogP contribution in [0.5, 0.6) is 0 Å². The van der Waals surface area contributed by atoms with E-state index in [0.717, 1.165) is 12.8 Å². The first-order valence-corrected chi connectivity index (χ1v) is 8.46. The number of carbonyl (C=O) groups is 1. The molecule has 1 unspecified atom stereocenters. The van der Waals surface area contributed by atoms with Crippen molar-refractivity contribution in [3.8, 4) is 11.8 Å². The van der Waals surface area contributed by atoms with Crippen molar-refractivity contribution in [3.05, 3.63) is 30.3 Å². The second-order valence-corrected chi connectivity index (χ2v) is 6.10. The van der Waals surface area contributed by atoms with Crippen LogP contribution in [-0.2, 0) is 15.6 Å². The molecule has 1 aromatic rings. The van der Waals surface area contributed by atoms with E-state index in [1.165, 1.54) is 12.8 Å². The number of unbranched alkanes of at least 4 members (excludes halogenated alkanes) is 3. The quantitative estimate of drug-likeness (QED) is 0.540. The molecule has 0 spiro atoms. The van der Waals surface area contributed by atoms with Gasteiger partial charge in [0.05, 0.1) is 16.6 Å². The molecule has 0 saturated carbocycles. The van der Waals surface area contributed by atoms with E-state index in [9.17, 15) is 9.00 Å². The summed E-state index contributed by atoms with van der Waals surface area (Å²) in [5.41, 5.74) is 0. The van der Waals surface area contributed by atoms with Gasteiger partial charge in [-0.05, 0) is 18.6 Å². The average molecular weight is 290 g/mol. The van der Waals surface area contributed by atoms with E-state index in [1.807, 2.05) is 18.2 Å². The van der Waals surface area contributed by atoms with Gasteiger partial charge in [0.15, 0.2) is 0 Å². The van der Waals surface area contributed by atoms with Crippen molar-refractivity contribution in [1.29, 1.82) is 0 Å². The normalized spacial score (nSPS) is 11.4. The van der Waals surface area contributed by atoms with Crippen LogP contribution in [-0.4, -0.2) is 15.7 Å². The summed E-state index contributed by atoms with van der Waals surface area (Å²) >= 11 is 0. The van der Waals surface area contributed by atoms with Crippen molar-refractivity contribution in [2.45, 2.75) is 50.3 Å². The molecule has 1 aromatic carbocycles. The first-order chi connectivity index (χ1) is 9.74. The van der Waals surface area contributed by atoms with Crippen molar-refractivity contribution < 1.29 is 9.00 Å². The Morgan fingerprint density at radius 1 is 1.10 bits per heavy atom. The van der Waals surface area contributed by atoms with Crippen LogP contribution in [0.2, 0.25) is 0 Å². The zero-order valence-electron chi connectivity index (χ0n) is 12.1. The highest BCUT2D eigenvalue weighted by atomic mass is 32.2. The lowest BCUT2D eigenvalue weighted by molar-refractivity contribution is -0.116. The monoisotopic (exact) mass is 290 g/mol. The average Bonchev–Trinajstić information content (AvgIpc) is 2.47. The number of hydrogen-bond acceptors (Lipinski definition) is 2. The van der Waals surface area contributed by atoms with E-state index < -0.39 is 10.8 Å². The summed E-state index contributed by atoms with van der Waals surface area (Å²) in [7, 11) is -1.22. The molecular weight excluding hydrogens is 268 g/mol. The summed E-state index contributed by atoms with van der Waals surface area (Å²) in [5.74, 6) is 6.22. The van der Waals surface area contributed by atoms with Gasteiger partial charge in [-0.25, -0.2) is 0 Å². The lowest BCUT2D eigenvalue weighted by Crippen LogP contribution is -2.10. The summed E-state index contributed by atoms with van der Waals surface area (Å²) < 4.78 is 11.9. The fraction of sp³-hybridized carbons (Fsp3) is 0.471. The van der Waals surface area contributed by atoms with Gasteiger partial charge < -0.3 is 0 Å². The molecule has 20 heavy (non-hydrogen) atoms. The maximum absolute atomic E-state index is 11.9. The van der Waals surface area contributed by atoms with Crippen LogP contribution in [0.1, 0.15) is 45.4 Å². The van der Waals surface area contributed by atoms with Crippen LogP contribution in [0.15, 0.2) is 35.2 Å². The van der Waals surface area contributed by atoms with E-state index >= 15 is 0 Å². The molecule has 108 valence electrons. The molecule has 0 radical (unpaired) electrons. The molecule has 0 bridgehead atoms. The Morgan fingerprint density at radius 3 is 2.50 bits per heavy atom. The highest BCUT2D eigenvalue weighted by molar-refractivity contribution is 7.85. The van der Waals surface area contributed by atoms with E-state index in [4.69, 9.17) is 0 Å². The maximum Gasteiger partial charge on any atom is 0.146 e. The molecule has 0 aromatic heterocycles. The van der Waals surface area contributed by atoms with Crippen molar-refractivity contribution in [2.75, 3.05) is 5.75 Å². The molecule has 1 rings (SSSR count). The van der Waals surface area contributed by atoms with Gasteiger partial charge in [0, 0.05) is 24.2 Å². The third-order valence-corrected chi connectivity index (χ3v) is 4.24. The Bertz CT molecular complexity index is 483. The minimum absolute atomic E-state index is 0.0232. The second kappa shape index (κ2) is 10.4. The van der Waals surface area contributed by atoms with Gasteiger partial charge in [-0.1, -0.05) is 38.0 Å². The van der Waals surface area contributed by atoms with E-state index in [1.54, 1.807) is 12.1 Å². The zero-order chi connectivity index (χ0) is 14.6. The minimum Gasteiger partial charge on any atom is -0.299 e. The number of ketones is 1. The SMILES string of the molecule is CCCCCC#CCCC(=O)CS(=O)c1ccccc1. The van der Waals surface area contributed by atoms with Crippen molar-refractivity contribution in [1.82, 2.24) is 0 Å². The molecule has 0 aliphatic rings. The standard InChI is InChI=1S/C17H22O2S/c1-2-3-4-5-6-7-9-12-16(18)15-20(19)17-13-10-8-11-14-17/h8,10-11,13-14H,2-5,9,12,15H2,1H3. The Hall–Kier alpha value is -1.40. The Balaban J connectivity index is 2.22. The fourth-order valence-corrected chi connectivity index (χ4v) is 2.78. The summed E-state index contributed by atoms with van der Waals surface area (Å²) in [6.45, 7) is 2.17. The summed E-state index contributed by atoms with van der Waals surface area (Å²) in [5, 5.41) is 0. The van der Waals surface area contributed by atoms with Gasteiger partial charge in [0.25, 0.3) is 0 Å². The summed E-state index contributed by atoms with van der Waals surface area (Å²) in [4.78, 5) is 12.4. The molecule has 0 N–H and O–H groups in total. The summed E-state index contributed by atoms with van der Waals surface area (Å²) in [6, 6.07) is 9.11. The topological polar surface area (TPSA) is 34.1 Å². The molecule has 0 amide bonds. The van der Waals surface area contributed by atoms with Gasteiger partial charge in [0.2, 0.25) is 0 Å². The number of rotatable bonds is 8. The largest absolute Gasteiger partial charge is 0.299 e. The first kappa shape index (κ1) is 16.7. The first-order valence-electron chi connectivity index (χ1n) is 7.15. The van der Waals surface area contributed by atoms with Crippen LogP contribution in [0, 0.1) is 11.8 Å². The molecular formula is C17H22O2S. The Kier molecular flexibility index (Phi) is 8.66. The molecule has 0 saturated heterocycles.